The standard InChI is InChI=1S/C21H26ClN3O/c1-3-26-25-15(2)17-6-4-16(5-7-17)14-24-21-19-11-13-23-12-10-18(19)8-9-20(21)22/h4-9,23-24H,3,10-14H2,1-2H3/b25-15+. The van der Waals surface area contributed by atoms with Crippen molar-refractivity contribution >= 4 is 23.0 Å². The Bertz CT molecular complexity index is 772. The maximum Gasteiger partial charge on any atom is 0.114 e. The first-order valence-corrected chi connectivity index (χ1v) is 9.57. The summed E-state index contributed by atoms with van der Waals surface area (Å²) in [6.45, 7) is 7.23. The van der Waals surface area contributed by atoms with Crippen molar-refractivity contribution in [1.82, 2.24) is 5.32 Å². The van der Waals surface area contributed by atoms with Crippen molar-refractivity contribution in [2.45, 2.75) is 33.2 Å². The zero-order valence-corrected chi connectivity index (χ0v) is 16.2. The number of nitrogens with zero attached hydrogens (tertiary/aromatic N) is 1. The monoisotopic (exact) mass is 371 g/mol. The summed E-state index contributed by atoms with van der Waals surface area (Å²) in [6.07, 6.45) is 2.05. The van der Waals surface area contributed by atoms with Gasteiger partial charge in [0.1, 0.15) is 6.61 Å². The molecule has 0 amide bonds. The van der Waals surface area contributed by atoms with E-state index in [-0.39, 0.29) is 0 Å². The third kappa shape index (κ3) is 4.57. The number of anilines is 1. The zero-order valence-electron chi connectivity index (χ0n) is 15.4. The topological polar surface area (TPSA) is 45.6 Å². The highest BCUT2D eigenvalue weighted by molar-refractivity contribution is 6.33. The lowest BCUT2D eigenvalue weighted by atomic mass is 10.0. The van der Waals surface area contributed by atoms with E-state index in [9.17, 15) is 0 Å². The fourth-order valence-electron chi connectivity index (χ4n) is 3.20. The predicted octanol–water partition coefficient (Wildman–Crippen LogP) is 4.40. The summed E-state index contributed by atoms with van der Waals surface area (Å²) < 4.78 is 0. The van der Waals surface area contributed by atoms with E-state index < -0.39 is 0 Å². The first-order valence-electron chi connectivity index (χ1n) is 9.19. The molecule has 0 aromatic heterocycles. The molecule has 0 bridgehead atoms. The second-order valence-corrected chi connectivity index (χ2v) is 6.86. The van der Waals surface area contributed by atoms with Crippen LogP contribution in [0.3, 0.4) is 0 Å². The number of benzene rings is 2. The molecule has 0 aliphatic carbocycles. The molecule has 4 nitrogen and oxygen atoms in total. The van der Waals surface area contributed by atoms with Crippen LogP contribution in [0.15, 0.2) is 41.6 Å². The van der Waals surface area contributed by atoms with E-state index >= 15 is 0 Å². The summed E-state index contributed by atoms with van der Waals surface area (Å²) in [7, 11) is 0. The second-order valence-electron chi connectivity index (χ2n) is 6.46. The van der Waals surface area contributed by atoms with Gasteiger partial charge in [0.15, 0.2) is 0 Å². The van der Waals surface area contributed by atoms with Gasteiger partial charge in [0.05, 0.1) is 16.4 Å². The Kier molecular flexibility index (Phi) is 6.53. The minimum atomic E-state index is 0.580. The Morgan fingerprint density at radius 3 is 2.69 bits per heavy atom. The van der Waals surface area contributed by atoms with Gasteiger partial charge in [0.25, 0.3) is 0 Å². The molecule has 1 heterocycles. The van der Waals surface area contributed by atoms with Crippen molar-refractivity contribution in [3.05, 3.63) is 63.7 Å². The molecule has 0 fully saturated rings. The lowest BCUT2D eigenvalue weighted by molar-refractivity contribution is 0.159. The van der Waals surface area contributed by atoms with Crippen molar-refractivity contribution in [2.75, 3.05) is 25.0 Å². The van der Waals surface area contributed by atoms with Crippen molar-refractivity contribution in [1.29, 1.82) is 0 Å². The van der Waals surface area contributed by atoms with Gasteiger partial charge in [0.2, 0.25) is 0 Å². The number of halogens is 1. The number of rotatable bonds is 6. The summed E-state index contributed by atoms with van der Waals surface area (Å²) in [5, 5.41) is 11.9. The molecule has 0 unspecified atom stereocenters. The molecular weight excluding hydrogens is 346 g/mol. The second kappa shape index (κ2) is 9.06. The van der Waals surface area contributed by atoms with Gasteiger partial charge in [-0.2, -0.15) is 0 Å². The van der Waals surface area contributed by atoms with Gasteiger partial charge in [-0.15, -0.1) is 0 Å². The van der Waals surface area contributed by atoms with Crippen molar-refractivity contribution in [3.63, 3.8) is 0 Å². The summed E-state index contributed by atoms with van der Waals surface area (Å²) in [5.74, 6) is 0. The Labute approximate surface area is 160 Å². The first-order chi connectivity index (χ1) is 12.7. The van der Waals surface area contributed by atoms with Crippen molar-refractivity contribution in [2.24, 2.45) is 5.16 Å². The fourth-order valence-corrected chi connectivity index (χ4v) is 3.45. The predicted molar refractivity (Wildman–Crippen MR) is 109 cm³/mol. The number of hydrogen-bond donors (Lipinski definition) is 2. The highest BCUT2D eigenvalue weighted by Gasteiger charge is 2.14. The molecule has 2 N–H and O–H groups in total. The summed E-state index contributed by atoms with van der Waals surface area (Å²) in [5.41, 5.74) is 6.97. The van der Waals surface area contributed by atoms with E-state index in [4.69, 9.17) is 16.4 Å². The molecule has 2 aromatic rings. The van der Waals surface area contributed by atoms with Crippen LogP contribution in [0.1, 0.15) is 36.1 Å². The maximum atomic E-state index is 6.48. The largest absolute Gasteiger partial charge is 0.396 e. The van der Waals surface area contributed by atoms with Crippen LogP contribution in [0, 0.1) is 0 Å². The molecule has 1 aliphatic heterocycles. The molecule has 0 saturated heterocycles. The van der Waals surface area contributed by atoms with Gasteiger partial charge in [-0.3, -0.25) is 0 Å². The SMILES string of the molecule is CCO/N=C(\C)c1ccc(CNc2c(Cl)ccc3c2CCNCC3)cc1. The van der Waals surface area contributed by atoms with E-state index in [1.54, 1.807) is 0 Å². The van der Waals surface area contributed by atoms with Crippen LogP contribution in [0.2, 0.25) is 5.02 Å². The van der Waals surface area contributed by atoms with Gasteiger partial charge >= 0.3 is 0 Å². The van der Waals surface area contributed by atoms with E-state index in [1.165, 1.54) is 16.7 Å². The Morgan fingerprint density at radius 1 is 1.15 bits per heavy atom. The number of fused-ring (bicyclic) bond motifs is 1. The van der Waals surface area contributed by atoms with Crippen LogP contribution in [0.4, 0.5) is 5.69 Å². The Morgan fingerprint density at radius 2 is 1.92 bits per heavy atom. The van der Waals surface area contributed by atoms with Gasteiger partial charge in [-0.05, 0) is 68.1 Å². The summed E-state index contributed by atoms with van der Waals surface area (Å²) >= 11 is 6.48. The molecule has 2 aromatic carbocycles. The number of nitrogens with one attached hydrogen (secondary N) is 2. The van der Waals surface area contributed by atoms with E-state index in [1.807, 2.05) is 19.9 Å². The highest BCUT2D eigenvalue weighted by Crippen LogP contribution is 2.31. The van der Waals surface area contributed by atoms with Gasteiger partial charge in [-0.25, -0.2) is 0 Å². The smallest absolute Gasteiger partial charge is 0.114 e. The van der Waals surface area contributed by atoms with Crippen LogP contribution < -0.4 is 10.6 Å². The molecule has 138 valence electrons. The van der Waals surface area contributed by atoms with Gasteiger partial charge in [0, 0.05) is 6.54 Å². The van der Waals surface area contributed by atoms with E-state index in [2.05, 4.69) is 46.1 Å². The van der Waals surface area contributed by atoms with Crippen LogP contribution >= 0.6 is 11.6 Å². The number of hydrogen-bond acceptors (Lipinski definition) is 4. The third-order valence-corrected chi connectivity index (χ3v) is 4.97. The molecule has 0 atom stereocenters. The molecular formula is C21H26ClN3O. The quantitative estimate of drug-likeness (QED) is 0.584. The average molecular weight is 372 g/mol. The molecule has 0 spiro atoms. The highest BCUT2D eigenvalue weighted by atomic mass is 35.5. The normalized spacial score (nSPS) is 14.5. The minimum Gasteiger partial charge on any atom is -0.396 e. The van der Waals surface area contributed by atoms with Gasteiger partial charge in [-0.1, -0.05) is 47.1 Å². The van der Waals surface area contributed by atoms with E-state index in [0.29, 0.717) is 6.61 Å². The van der Waals surface area contributed by atoms with Crippen LogP contribution in [0.5, 0.6) is 0 Å². The lowest BCUT2D eigenvalue weighted by Gasteiger charge is -2.16. The fraction of sp³-hybridized carbons (Fsp3) is 0.381. The number of oxime groups is 1. The Balaban J connectivity index is 1.71. The maximum absolute atomic E-state index is 6.48. The Hall–Kier alpha value is -2.04. The van der Waals surface area contributed by atoms with Crippen LogP contribution in [-0.4, -0.2) is 25.4 Å². The lowest BCUT2D eigenvalue weighted by Crippen LogP contribution is -2.16. The molecule has 1 aliphatic rings. The molecule has 0 radical (unpaired) electrons. The van der Waals surface area contributed by atoms with E-state index in [0.717, 1.165) is 54.5 Å². The minimum absolute atomic E-state index is 0.580. The summed E-state index contributed by atoms with van der Waals surface area (Å²) in [4.78, 5) is 5.12. The van der Waals surface area contributed by atoms with Crippen LogP contribution in [-0.2, 0) is 24.2 Å². The van der Waals surface area contributed by atoms with Crippen LogP contribution in [0.25, 0.3) is 0 Å². The average Bonchev–Trinajstić information content (AvgIpc) is 2.91. The molecule has 0 saturated carbocycles. The van der Waals surface area contributed by atoms with Gasteiger partial charge < -0.3 is 15.5 Å². The van der Waals surface area contributed by atoms with Crippen molar-refractivity contribution in [3.8, 4) is 0 Å². The summed E-state index contributed by atoms with van der Waals surface area (Å²) in [6, 6.07) is 12.5. The molecule has 5 heteroatoms. The van der Waals surface area contributed by atoms with Crippen molar-refractivity contribution < 1.29 is 4.84 Å². The molecule has 26 heavy (non-hydrogen) atoms. The third-order valence-electron chi connectivity index (χ3n) is 4.65. The first kappa shape index (κ1) is 18.7. The zero-order chi connectivity index (χ0) is 18.4. The molecule has 3 rings (SSSR count).